The number of carboxylic acid groups (broad SMARTS) is 1. The van der Waals surface area contributed by atoms with Crippen LogP contribution in [-0.2, 0) is 19.4 Å². The molecule has 0 radical (unpaired) electrons. The minimum Gasteiger partial charge on any atom is -0.480 e. The Morgan fingerprint density at radius 2 is 2.17 bits per heavy atom. The highest BCUT2D eigenvalue weighted by Crippen LogP contribution is 2.05. The van der Waals surface area contributed by atoms with E-state index in [1.807, 2.05) is 0 Å². The summed E-state index contributed by atoms with van der Waals surface area (Å²) < 4.78 is 23.1. The molecule has 8 heteroatoms. The Hall–Kier alpha value is -1.15. The molecule has 1 atom stereocenters. The van der Waals surface area contributed by atoms with Gasteiger partial charge >= 0.3 is 5.97 Å². The Kier molecular flexibility index (Phi) is 5.09. The predicted molar refractivity (Wildman–Crippen MR) is 65.0 cm³/mol. The van der Waals surface area contributed by atoms with Crippen molar-refractivity contribution in [2.45, 2.75) is 19.4 Å². The average molecular weight is 278 g/mol. The SMILES string of the molecule is CCCS(=O)(=O)CCN1CC(=O)NCC1C(=O)O. The summed E-state index contributed by atoms with van der Waals surface area (Å²) in [5, 5.41) is 11.4. The Balaban J connectivity index is 2.62. The van der Waals surface area contributed by atoms with Crippen molar-refractivity contribution >= 4 is 21.7 Å². The van der Waals surface area contributed by atoms with Crippen molar-refractivity contribution in [3.8, 4) is 0 Å². The van der Waals surface area contributed by atoms with Crippen LogP contribution >= 0.6 is 0 Å². The fraction of sp³-hybridized carbons (Fsp3) is 0.800. The van der Waals surface area contributed by atoms with E-state index in [-0.39, 0.29) is 37.0 Å². The second-order valence-electron chi connectivity index (χ2n) is 4.28. The van der Waals surface area contributed by atoms with Crippen LogP contribution in [0.15, 0.2) is 0 Å². The summed E-state index contributed by atoms with van der Waals surface area (Å²) in [6.07, 6.45) is 0.533. The van der Waals surface area contributed by atoms with Gasteiger partial charge in [-0.2, -0.15) is 0 Å². The van der Waals surface area contributed by atoms with E-state index in [0.29, 0.717) is 6.42 Å². The molecule has 104 valence electrons. The lowest BCUT2D eigenvalue weighted by Gasteiger charge is -2.32. The minimum atomic E-state index is -3.16. The van der Waals surface area contributed by atoms with E-state index >= 15 is 0 Å². The highest BCUT2D eigenvalue weighted by atomic mass is 32.2. The number of carbonyl (C=O) groups excluding carboxylic acids is 1. The second kappa shape index (κ2) is 6.14. The maximum absolute atomic E-state index is 11.6. The van der Waals surface area contributed by atoms with Crippen molar-refractivity contribution in [3.05, 3.63) is 0 Å². The van der Waals surface area contributed by atoms with Crippen LogP contribution in [0.25, 0.3) is 0 Å². The molecule has 2 N–H and O–H groups in total. The molecule has 0 aromatic rings. The zero-order chi connectivity index (χ0) is 13.8. The molecule has 0 aromatic carbocycles. The lowest BCUT2D eigenvalue weighted by Crippen LogP contribution is -2.58. The van der Waals surface area contributed by atoms with Crippen LogP contribution in [0.1, 0.15) is 13.3 Å². The number of aliphatic carboxylic acids is 1. The van der Waals surface area contributed by atoms with Crippen molar-refractivity contribution in [3.63, 3.8) is 0 Å². The largest absolute Gasteiger partial charge is 0.480 e. The van der Waals surface area contributed by atoms with Gasteiger partial charge in [0.15, 0.2) is 9.84 Å². The summed E-state index contributed by atoms with van der Waals surface area (Å²) in [6.45, 7) is 1.79. The number of piperazine rings is 1. The van der Waals surface area contributed by atoms with Gasteiger partial charge in [0.1, 0.15) is 6.04 Å². The van der Waals surface area contributed by atoms with Gasteiger partial charge in [-0.05, 0) is 6.42 Å². The number of hydrogen-bond donors (Lipinski definition) is 2. The quantitative estimate of drug-likeness (QED) is 0.625. The Morgan fingerprint density at radius 3 is 2.72 bits per heavy atom. The predicted octanol–water partition coefficient (Wildman–Crippen LogP) is -1.30. The maximum Gasteiger partial charge on any atom is 0.322 e. The number of rotatable bonds is 6. The van der Waals surface area contributed by atoms with E-state index in [1.165, 1.54) is 4.90 Å². The first-order valence-corrected chi connectivity index (χ1v) is 7.62. The molecule has 1 heterocycles. The van der Waals surface area contributed by atoms with Crippen LogP contribution in [0.3, 0.4) is 0 Å². The van der Waals surface area contributed by atoms with Gasteiger partial charge in [-0.3, -0.25) is 14.5 Å². The fourth-order valence-corrected chi connectivity index (χ4v) is 3.18. The van der Waals surface area contributed by atoms with Gasteiger partial charge in [0.05, 0.1) is 12.3 Å². The number of nitrogens with zero attached hydrogens (tertiary/aromatic N) is 1. The molecule has 1 aliphatic heterocycles. The third kappa shape index (κ3) is 4.26. The Labute approximate surface area is 106 Å². The van der Waals surface area contributed by atoms with Crippen molar-refractivity contribution in [1.82, 2.24) is 10.2 Å². The van der Waals surface area contributed by atoms with E-state index in [1.54, 1.807) is 6.92 Å². The second-order valence-corrected chi connectivity index (χ2v) is 6.58. The molecule has 0 aliphatic carbocycles. The first-order chi connectivity index (χ1) is 8.35. The van der Waals surface area contributed by atoms with Gasteiger partial charge in [0.2, 0.25) is 5.91 Å². The number of amides is 1. The third-order valence-electron chi connectivity index (χ3n) is 2.77. The number of sulfone groups is 1. The van der Waals surface area contributed by atoms with E-state index in [2.05, 4.69) is 5.32 Å². The van der Waals surface area contributed by atoms with Gasteiger partial charge in [-0.25, -0.2) is 8.42 Å². The lowest BCUT2D eigenvalue weighted by molar-refractivity contribution is -0.145. The number of carboxylic acids is 1. The van der Waals surface area contributed by atoms with E-state index in [9.17, 15) is 18.0 Å². The zero-order valence-electron chi connectivity index (χ0n) is 10.3. The van der Waals surface area contributed by atoms with Crippen LogP contribution < -0.4 is 5.32 Å². The summed E-state index contributed by atoms with van der Waals surface area (Å²) in [5.74, 6) is -1.36. The summed E-state index contributed by atoms with van der Waals surface area (Å²) in [6, 6.07) is -0.848. The molecule has 18 heavy (non-hydrogen) atoms. The summed E-state index contributed by atoms with van der Waals surface area (Å²) in [4.78, 5) is 23.6. The highest BCUT2D eigenvalue weighted by molar-refractivity contribution is 7.91. The third-order valence-corrected chi connectivity index (χ3v) is 4.60. The molecule has 0 saturated carbocycles. The molecule has 1 rings (SSSR count). The van der Waals surface area contributed by atoms with Crippen LogP contribution in [0.4, 0.5) is 0 Å². The molecule has 1 amide bonds. The fourth-order valence-electron chi connectivity index (χ4n) is 1.84. The van der Waals surface area contributed by atoms with Crippen LogP contribution in [0, 0.1) is 0 Å². The molecular weight excluding hydrogens is 260 g/mol. The molecule has 7 nitrogen and oxygen atoms in total. The van der Waals surface area contributed by atoms with Crippen molar-refractivity contribution in [2.75, 3.05) is 31.1 Å². The highest BCUT2D eigenvalue weighted by Gasteiger charge is 2.32. The van der Waals surface area contributed by atoms with Gasteiger partial charge in [0, 0.05) is 18.8 Å². The maximum atomic E-state index is 11.6. The molecular formula is C10H18N2O5S. The topological polar surface area (TPSA) is 104 Å². The molecule has 1 unspecified atom stereocenters. The first-order valence-electron chi connectivity index (χ1n) is 5.79. The van der Waals surface area contributed by atoms with E-state index in [4.69, 9.17) is 5.11 Å². The Morgan fingerprint density at radius 1 is 1.50 bits per heavy atom. The molecule has 1 saturated heterocycles. The monoisotopic (exact) mass is 278 g/mol. The number of carbonyl (C=O) groups is 2. The van der Waals surface area contributed by atoms with Gasteiger partial charge in [0.25, 0.3) is 0 Å². The summed E-state index contributed by atoms with van der Waals surface area (Å²) in [7, 11) is -3.16. The Bertz CT molecular complexity index is 420. The standard InChI is InChI=1S/C10H18N2O5S/c1-2-4-18(16,17)5-3-12-7-9(13)11-6-8(12)10(14)15/h8H,2-7H2,1H3,(H,11,13)(H,14,15). The van der Waals surface area contributed by atoms with E-state index < -0.39 is 21.8 Å². The average Bonchev–Trinajstić information content (AvgIpc) is 2.26. The van der Waals surface area contributed by atoms with Crippen molar-refractivity contribution < 1.29 is 23.1 Å². The van der Waals surface area contributed by atoms with Crippen LogP contribution in [-0.4, -0.2) is 67.5 Å². The molecule has 0 aromatic heterocycles. The number of hydrogen-bond acceptors (Lipinski definition) is 5. The zero-order valence-corrected chi connectivity index (χ0v) is 11.1. The minimum absolute atomic E-state index is 0.0159. The van der Waals surface area contributed by atoms with Crippen molar-refractivity contribution in [2.24, 2.45) is 0 Å². The molecule has 0 bridgehead atoms. The van der Waals surface area contributed by atoms with Gasteiger partial charge < -0.3 is 10.4 Å². The lowest BCUT2D eigenvalue weighted by atomic mass is 10.2. The van der Waals surface area contributed by atoms with Crippen LogP contribution in [0.5, 0.6) is 0 Å². The summed E-state index contributed by atoms with van der Waals surface area (Å²) >= 11 is 0. The molecule has 1 fully saturated rings. The van der Waals surface area contributed by atoms with Crippen LogP contribution in [0.2, 0.25) is 0 Å². The normalized spacial score (nSPS) is 21.6. The van der Waals surface area contributed by atoms with E-state index in [0.717, 1.165) is 0 Å². The molecule has 0 spiro atoms. The van der Waals surface area contributed by atoms with Gasteiger partial charge in [-0.1, -0.05) is 6.92 Å². The van der Waals surface area contributed by atoms with Gasteiger partial charge in [-0.15, -0.1) is 0 Å². The number of nitrogens with one attached hydrogen (secondary N) is 1. The first kappa shape index (κ1) is 14.9. The summed E-state index contributed by atoms with van der Waals surface area (Å²) in [5.41, 5.74) is 0. The van der Waals surface area contributed by atoms with Crippen molar-refractivity contribution in [1.29, 1.82) is 0 Å². The smallest absolute Gasteiger partial charge is 0.322 e. The molecule has 1 aliphatic rings.